The van der Waals surface area contributed by atoms with Gasteiger partial charge in [0.2, 0.25) is 0 Å². The molecule has 1 aromatic rings. The lowest BCUT2D eigenvalue weighted by molar-refractivity contribution is 0.510. The molecule has 1 rings (SSSR count). The van der Waals surface area contributed by atoms with Crippen LogP contribution in [0.2, 0.25) is 0 Å². The minimum absolute atomic E-state index is 0.910. The molecule has 43 valence electrons. The Morgan fingerprint density at radius 1 is 1.62 bits per heavy atom. The van der Waals surface area contributed by atoms with Crippen molar-refractivity contribution in [1.29, 1.82) is 0 Å². The van der Waals surface area contributed by atoms with Crippen molar-refractivity contribution < 1.29 is 4.42 Å². The van der Waals surface area contributed by atoms with Crippen LogP contribution in [0.25, 0.3) is 0 Å². The molecule has 0 aliphatic heterocycles. The van der Waals surface area contributed by atoms with Crippen LogP contribution in [0.1, 0.15) is 12.2 Å². The van der Waals surface area contributed by atoms with Crippen molar-refractivity contribution in [2.24, 2.45) is 0 Å². The molecule has 0 saturated carbocycles. The van der Waals surface area contributed by atoms with Crippen LogP contribution in [0.5, 0.6) is 0 Å². The lowest BCUT2D eigenvalue weighted by atomic mass is 10.3. The van der Waals surface area contributed by atoms with Crippen molar-refractivity contribution >= 4 is 0 Å². The normalized spacial score (nSPS) is 9.62. The second-order valence-electron chi connectivity index (χ2n) is 1.68. The highest BCUT2D eigenvalue weighted by Gasteiger charge is 1.88. The van der Waals surface area contributed by atoms with Gasteiger partial charge in [0.15, 0.2) is 0 Å². The SMILES string of the molecule is [CH2]CCc1ccco1. The average molecular weight is 109 g/mol. The van der Waals surface area contributed by atoms with Gasteiger partial charge in [-0.1, -0.05) is 6.92 Å². The van der Waals surface area contributed by atoms with Gasteiger partial charge in [-0.2, -0.15) is 0 Å². The molecule has 1 heterocycles. The van der Waals surface area contributed by atoms with E-state index in [4.69, 9.17) is 4.42 Å². The molecule has 1 aromatic heterocycles. The standard InChI is InChI=1S/C7H9O/c1-2-4-7-5-3-6-8-7/h3,5-6H,1-2,4H2. The summed E-state index contributed by atoms with van der Waals surface area (Å²) in [7, 11) is 0. The summed E-state index contributed by atoms with van der Waals surface area (Å²) in [5.41, 5.74) is 0. The smallest absolute Gasteiger partial charge is 0.103 e. The maximum atomic E-state index is 5.03. The Hall–Kier alpha value is -0.720. The molecule has 0 atom stereocenters. The van der Waals surface area contributed by atoms with Gasteiger partial charge in [0.05, 0.1) is 6.26 Å². The molecule has 0 aliphatic carbocycles. The molecule has 0 N–H and O–H groups in total. The van der Waals surface area contributed by atoms with Gasteiger partial charge in [-0.3, -0.25) is 0 Å². The lowest BCUT2D eigenvalue weighted by Crippen LogP contribution is -1.74. The fourth-order valence-electron chi connectivity index (χ4n) is 0.629. The summed E-state index contributed by atoms with van der Waals surface area (Å²) < 4.78 is 5.03. The molecule has 8 heavy (non-hydrogen) atoms. The zero-order valence-electron chi connectivity index (χ0n) is 4.76. The number of aryl methyl sites for hydroxylation is 1. The predicted molar refractivity (Wildman–Crippen MR) is 32.4 cm³/mol. The third kappa shape index (κ3) is 1.12. The van der Waals surface area contributed by atoms with Crippen molar-refractivity contribution in [3.05, 3.63) is 31.1 Å². The Labute approximate surface area is 49.3 Å². The predicted octanol–water partition coefficient (Wildman–Crippen LogP) is 2.05. The quantitative estimate of drug-likeness (QED) is 0.566. The van der Waals surface area contributed by atoms with E-state index in [0.29, 0.717) is 0 Å². The van der Waals surface area contributed by atoms with Crippen LogP contribution in [-0.2, 0) is 6.42 Å². The Bertz CT molecular complexity index is 130. The van der Waals surface area contributed by atoms with E-state index >= 15 is 0 Å². The number of hydrogen-bond acceptors (Lipinski definition) is 1. The van der Waals surface area contributed by atoms with Crippen LogP contribution in [0.4, 0.5) is 0 Å². The van der Waals surface area contributed by atoms with Crippen LogP contribution in [0.3, 0.4) is 0 Å². The van der Waals surface area contributed by atoms with Gasteiger partial charge in [0.25, 0.3) is 0 Å². The van der Waals surface area contributed by atoms with E-state index in [1.54, 1.807) is 6.26 Å². The van der Waals surface area contributed by atoms with Gasteiger partial charge in [0.1, 0.15) is 5.76 Å². The first kappa shape index (κ1) is 5.42. The fraction of sp³-hybridized carbons (Fsp3) is 0.286. The van der Waals surface area contributed by atoms with Crippen LogP contribution in [0, 0.1) is 6.92 Å². The Morgan fingerprint density at radius 3 is 3.00 bits per heavy atom. The van der Waals surface area contributed by atoms with Crippen molar-refractivity contribution in [2.45, 2.75) is 12.8 Å². The molecule has 0 aromatic carbocycles. The molecule has 0 spiro atoms. The highest BCUT2D eigenvalue weighted by atomic mass is 16.3. The Morgan fingerprint density at radius 2 is 2.50 bits per heavy atom. The van der Waals surface area contributed by atoms with E-state index in [1.165, 1.54) is 0 Å². The Balaban J connectivity index is 2.50. The molecule has 0 unspecified atom stereocenters. The minimum Gasteiger partial charge on any atom is -0.469 e. The van der Waals surface area contributed by atoms with Crippen molar-refractivity contribution in [1.82, 2.24) is 0 Å². The summed E-state index contributed by atoms with van der Waals surface area (Å²) >= 11 is 0. The molecular formula is C7H9O. The van der Waals surface area contributed by atoms with E-state index in [0.717, 1.165) is 18.6 Å². The van der Waals surface area contributed by atoms with Gasteiger partial charge in [-0.15, -0.1) is 0 Å². The number of rotatable bonds is 2. The molecular weight excluding hydrogens is 100 g/mol. The summed E-state index contributed by atoms with van der Waals surface area (Å²) in [5.74, 6) is 1.03. The third-order valence-corrected chi connectivity index (χ3v) is 1.00. The van der Waals surface area contributed by atoms with Crippen molar-refractivity contribution in [3.63, 3.8) is 0 Å². The number of furan rings is 1. The van der Waals surface area contributed by atoms with Gasteiger partial charge in [-0.25, -0.2) is 0 Å². The highest BCUT2D eigenvalue weighted by Crippen LogP contribution is 2.01. The first-order valence-corrected chi connectivity index (χ1v) is 2.75. The van der Waals surface area contributed by atoms with Gasteiger partial charge < -0.3 is 4.42 Å². The van der Waals surface area contributed by atoms with E-state index < -0.39 is 0 Å². The molecule has 1 heteroatoms. The van der Waals surface area contributed by atoms with Crippen LogP contribution < -0.4 is 0 Å². The van der Waals surface area contributed by atoms with Crippen LogP contribution >= 0.6 is 0 Å². The van der Waals surface area contributed by atoms with E-state index in [1.807, 2.05) is 12.1 Å². The largest absolute Gasteiger partial charge is 0.469 e. The molecule has 1 radical (unpaired) electrons. The van der Waals surface area contributed by atoms with E-state index in [2.05, 4.69) is 6.92 Å². The molecule has 0 aliphatic rings. The second kappa shape index (κ2) is 2.55. The molecule has 0 amide bonds. The van der Waals surface area contributed by atoms with Gasteiger partial charge >= 0.3 is 0 Å². The summed E-state index contributed by atoms with van der Waals surface area (Å²) in [4.78, 5) is 0. The monoisotopic (exact) mass is 109 g/mol. The lowest BCUT2D eigenvalue weighted by Gasteiger charge is -1.85. The van der Waals surface area contributed by atoms with Crippen molar-refractivity contribution in [2.75, 3.05) is 0 Å². The van der Waals surface area contributed by atoms with Gasteiger partial charge in [0, 0.05) is 6.42 Å². The first-order chi connectivity index (χ1) is 3.93. The van der Waals surface area contributed by atoms with Crippen LogP contribution in [0.15, 0.2) is 22.8 Å². The summed E-state index contributed by atoms with van der Waals surface area (Å²) in [5, 5.41) is 0. The summed E-state index contributed by atoms with van der Waals surface area (Å²) in [6.45, 7) is 3.70. The van der Waals surface area contributed by atoms with Gasteiger partial charge in [-0.05, 0) is 18.6 Å². The zero-order valence-corrected chi connectivity index (χ0v) is 4.76. The minimum atomic E-state index is 0.910. The Kier molecular flexibility index (Phi) is 1.73. The number of hydrogen-bond donors (Lipinski definition) is 0. The molecule has 1 nitrogen and oxygen atoms in total. The maximum Gasteiger partial charge on any atom is 0.103 e. The van der Waals surface area contributed by atoms with E-state index in [9.17, 15) is 0 Å². The summed E-state index contributed by atoms with van der Waals surface area (Å²) in [6.07, 6.45) is 3.55. The molecule has 0 fully saturated rings. The molecule has 0 saturated heterocycles. The van der Waals surface area contributed by atoms with Crippen LogP contribution in [-0.4, -0.2) is 0 Å². The molecule has 0 bridgehead atoms. The highest BCUT2D eigenvalue weighted by molar-refractivity contribution is 4.97. The average Bonchev–Trinajstić information content (AvgIpc) is 2.19. The van der Waals surface area contributed by atoms with Crippen molar-refractivity contribution in [3.8, 4) is 0 Å². The second-order valence-corrected chi connectivity index (χ2v) is 1.68. The zero-order chi connectivity index (χ0) is 5.82. The topological polar surface area (TPSA) is 13.1 Å². The third-order valence-electron chi connectivity index (χ3n) is 1.00. The fourth-order valence-corrected chi connectivity index (χ4v) is 0.629. The maximum absolute atomic E-state index is 5.03. The summed E-state index contributed by atoms with van der Waals surface area (Å²) in [6, 6.07) is 3.86. The van der Waals surface area contributed by atoms with E-state index in [-0.39, 0.29) is 0 Å². The first-order valence-electron chi connectivity index (χ1n) is 2.75.